The second-order valence-electron chi connectivity index (χ2n) is 4.82. The fourth-order valence-corrected chi connectivity index (χ4v) is 2.84. The molecule has 0 spiro atoms. The summed E-state index contributed by atoms with van der Waals surface area (Å²) >= 11 is 0. The van der Waals surface area contributed by atoms with Crippen LogP contribution in [0.15, 0.2) is 30.3 Å². The molecule has 0 aromatic heterocycles. The molecule has 2 atom stereocenters. The van der Waals surface area contributed by atoms with Gasteiger partial charge in [-0.2, -0.15) is 0 Å². The van der Waals surface area contributed by atoms with Gasteiger partial charge in [-0.05, 0) is 24.9 Å². The predicted octanol–water partition coefficient (Wildman–Crippen LogP) is 1.71. The third-order valence-electron chi connectivity index (χ3n) is 3.17. The Labute approximate surface area is 116 Å². The van der Waals surface area contributed by atoms with E-state index in [0.717, 1.165) is 12.1 Å². The summed E-state index contributed by atoms with van der Waals surface area (Å²) in [6.07, 6.45) is 0. The minimum atomic E-state index is -3.25. The molecule has 0 aliphatic heterocycles. The van der Waals surface area contributed by atoms with E-state index in [2.05, 4.69) is 10.0 Å². The summed E-state index contributed by atoms with van der Waals surface area (Å²) in [6, 6.07) is 9.92. The Morgan fingerprint density at radius 1 is 1.11 bits per heavy atom. The molecule has 4 nitrogen and oxygen atoms in total. The molecule has 108 valence electrons. The van der Waals surface area contributed by atoms with Crippen LogP contribution in [0.25, 0.3) is 0 Å². The second kappa shape index (κ2) is 7.62. The second-order valence-corrected chi connectivity index (χ2v) is 7.01. The van der Waals surface area contributed by atoms with Crippen molar-refractivity contribution in [1.29, 1.82) is 0 Å². The largest absolute Gasteiger partial charge is 0.316 e. The average Bonchev–Trinajstić information content (AvgIpc) is 2.43. The lowest BCUT2D eigenvalue weighted by atomic mass is 10.0. The lowest BCUT2D eigenvalue weighted by Crippen LogP contribution is -2.40. The standard InChI is InChI=1S/C14H24N2O2S/c1-4-15-11-13(3)19(17,18)16-10-12(2)14-8-6-5-7-9-14/h5-9,12-13,15-16H,4,10-11H2,1-3H3. The normalized spacial score (nSPS) is 15.1. The molecular weight excluding hydrogens is 260 g/mol. The maximum Gasteiger partial charge on any atom is 0.215 e. The highest BCUT2D eigenvalue weighted by Crippen LogP contribution is 2.13. The van der Waals surface area contributed by atoms with Crippen LogP contribution in [0, 0.1) is 0 Å². The zero-order valence-corrected chi connectivity index (χ0v) is 12.7. The number of hydrogen-bond donors (Lipinski definition) is 2. The van der Waals surface area contributed by atoms with E-state index in [9.17, 15) is 8.42 Å². The third kappa shape index (κ3) is 5.30. The molecule has 0 amide bonds. The fraction of sp³-hybridized carbons (Fsp3) is 0.571. The first-order chi connectivity index (χ1) is 8.97. The van der Waals surface area contributed by atoms with E-state index in [1.54, 1.807) is 6.92 Å². The molecule has 1 rings (SSSR count). The number of rotatable bonds is 8. The molecule has 19 heavy (non-hydrogen) atoms. The minimum absolute atomic E-state index is 0.169. The topological polar surface area (TPSA) is 58.2 Å². The highest BCUT2D eigenvalue weighted by atomic mass is 32.2. The molecule has 0 radical (unpaired) electrons. The van der Waals surface area contributed by atoms with Crippen molar-refractivity contribution in [2.75, 3.05) is 19.6 Å². The van der Waals surface area contributed by atoms with E-state index >= 15 is 0 Å². The van der Waals surface area contributed by atoms with Crippen LogP contribution < -0.4 is 10.0 Å². The van der Waals surface area contributed by atoms with Gasteiger partial charge in [0.25, 0.3) is 0 Å². The van der Waals surface area contributed by atoms with E-state index in [1.807, 2.05) is 44.2 Å². The number of hydrogen-bond acceptors (Lipinski definition) is 3. The molecule has 2 N–H and O–H groups in total. The average molecular weight is 284 g/mol. The van der Waals surface area contributed by atoms with Crippen molar-refractivity contribution >= 4 is 10.0 Å². The SMILES string of the molecule is CCNCC(C)S(=O)(=O)NCC(C)c1ccccc1. The van der Waals surface area contributed by atoms with Crippen LogP contribution in [0.2, 0.25) is 0 Å². The molecule has 0 saturated heterocycles. The highest BCUT2D eigenvalue weighted by Gasteiger charge is 2.20. The fourth-order valence-electron chi connectivity index (χ4n) is 1.74. The van der Waals surface area contributed by atoms with Crippen LogP contribution in [0.1, 0.15) is 32.3 Å². The quantitative estimate of drug-likeness (QED) is 0.764. The van der Waals surface area contributed by atoms with Crippen LogP contribution in [0.4, 0.5) is 0 Å². The van der Waals surface area contributed by atoms with Gasteiger partial charge in [0.05, 0.1) is 5.25 Å². The van der Waals surface area contributed by atoms with Gasteiger partial charge in [0, 0.05) is 13.1 Å². The molecule has 1 aromatic rings. The monoisotopic (exact) mass is 284 g/mol. The summed E-state index contributed by atoms with van der Waals surface area (Å²) in [4.78, 5) is 0. The van der Waals surface area contributed by atoms with E-state index < -0.39 is 15.3 Å². The highest BCUT2D eigenvalue weighted by molar-refractivity contribution is 7.90. The van der Waals surface area contributed by atoms with Crippen molar-refractivity contribution in [3.8, 4) is 0 Å². The van der Waals surface area contributed by atoms with Gasteiger partial charge in [-0.15, -0.1) is 0 Å². The van der Waals surface area contributed by atoms with Crippen LogP contribution in [-0.2, 0) is 10.0 Å². The van der Waals surface area contributed by atoms with Crippen LogP contribution in [-0.4, -0.2) is 33.3 Å². The van der Waals surface area contributed by atoms with Gasteiger partial charge >= 0.3 is 0 Å². The molecule has 0 aliphatic rings. The number of nitrogens with one attached hydrogen (secondary N) is 2. The molecule has 0 saturated carbocycles. The summed E-state index contributed by atoms with van der Waals surface area (Å²) in [6.45, 7) is 7.39. The zero-order valence-electron chi connectivity index (χ0n) is 11.9. The first kappa shape index (κ1) is 16.1. The van der Waals surface area contributed by atoms with E-state index in [0.29, 0.717) is 13.1 Å². The van der Waals surface area contributed by atoms with Gasteiger partial charge in [-0.25, -0.2) is 13.1 Å². The first-order valence-electron chi connectivity index (χ1n) is 6.71. The third-order valence-corrected chi connectivity index (χ3v) is 4.97. The van der Waals surface area contributed by atoms with Gasteiger partial charge < -0.3 is 5.32 Å². The molecule has 2 unspecified atom stereocenters. The van der Waals surface area contributed by atoms with Crippen molar-refractivity contribution in [1.82, 2.24) is 10.0 Å². The van der Waals surface area contributed by atoms with Crippen LogP contribution in [0.3, 0.4) is 0 Å². The van der Waals surface area contributed by atoms with Crippen molar-refractivity contribution in [3.05, 3.63) is 35.9 Å². The molecule has 0 bridgehead atoms. The summed E-state index contributed by atoms with van der Waals surface area (Å²) in [5, 5.41) is 2.63. The van der Waals surface area contributed by atoms with Crippen molar-refractivity contribution in [2.24, 2.45) is 0 Å². The van der Waals surface area contributed by atoms with E-state index in [-0.39, 0.29) is 5.92 Å². The van der Waals surface area contributed by atoms with Gasteiger partial charge in [-0.3, -0.25) is 0 Å². The lowest BCUT2D eigenvalue weighted by molar-refractivity contribution is 0.554. The Hall–Kier alpha value is -0.910. The summed E-state index contributed by atoms with van der Waals surface area (Å²) in [5.74, 6) is 0.169. The van der Waals surface area contributed by atoms with Crippen LogP contribution >= 0.6 is 0 Å². The van der Waals surface area contributed by atoms with E-state index in [1.165, 1.54) is 0 Å². The van der Waals surface area contributed by atoms with Crippen LogP contribution in [0.5, 0.6) is 0 Å². The lowest BCUT2D eigenvalue weighted by Gasteiger charge is -2.17. The molecule has 0 fully saturated rings. The smallest absolute Gasteiger partial charge is 0.215 e. The van der Waals surface area contributed by atoms with Crippen molar-refractivity contribution in [3.63, 3.8) is 0 Å². The van der Waals surface area contributed by atoms with Gasteiger partial charge in [0.2, 0.25) is 10.0 Å². The summed E-state index contributed by atoms with van der Waals surface area (Å²) in [7, 11) is -3.25. The maximum absolute atomic E-state index is 12.0. The Morgan fingerprint density at radius 2 is 1.74 bits per heavy atom. The zero-order chi connectivity index (χ0) is 14.3. The Morgan fingerprint density at radius 3 is 2.32 bits per heavy atom. The first-order valence-corrected chi connectivity index (χ1v) is 8.26. The predicted molar refractivity (Wildman–Crippen MR) is 79.8 cm³/mol. The molecular formula is C14H24N2O2S. The van der Waals surface area contributed by atoms with Crippen molar-refractivity contribution in [2.45, 2.75) is 31.9 Å². The van der Waals surface area contributed by atoms with E-state index in [4.69, 9.17) is 0 Å². The Balaban J connectivity index is 2.51. The van der Waals surface area contributed by atoms with Gasteiger partial charge in [-0.1, -0.05) is 44.2 Å². The molecule has 1 aromatic carbocycles. The molecule has 0 heterocycles. The van der Waals surface area contributed by atoms with Gasteiger partial charge in [0.1, 0.15) is 0 Å². The summed E-state index contributed by atoms with van der Waals surface area (Å²) < 4.78 is 26.7. The maximum atomic E-state index is 12.0. The van der Waals surface area contributed by atoms with Gasteiger partial charge in [0.15, 0.2) is 0 Å². The number of benzene rings is 1. The minimum Gasteiger partial charge on any atom is -0.316 e. The number of sulfonamides is 1. The molecule has 5 heteroatoms. The molecule has 0 aliphatic carbocycles. The Bertz CT molecular complexity index is 460. The Kier molecular flexibility index (Phi) is 6.48. The summed E-state index contributed by atoms with van der Waals surface area (Å²) in [5.41, 5.74) is 1.14. The van der Waals surface area contributed by atoms with Crippen molar-refractivity contribution < 1.29 is 8.42 Å².